The first kappa shape index (κ1) is 15.7. The van der Waals surface area contributed by atoms with E-state index in [0.717, 1.165) is 4.47 Å². The normalized spacial score (nSPS) is 10.1. The van der Waals surface area contributed by atoms with Gasteiger partial charge < -0.3 is 14.8 Å². The molecule has 0 heterocycles. The molecule has 0 atom stereocenters. The minimum atomic E-state index is -0.353. The zero-order valence-corrected chi connectivity index (χ0v) is 13.8. The quantitative estimate of drug-likeness (QED) is 0.869. The number of carbonyl (C=O) groups is 1. The summed E-state index contributed by atoms with van der Waals surface area (Å²) >= 11 is 9.42. The number of methoxy groups -OCH3 is 2. The smallest absolute Gasteiger partial charge is 0.263 e. The molecule has 0 saturated heterocycles. The summed E-state index contributed by atoms with van der Waals surface area (Å²) in [6.07, 6.45) is 0. The lowest BCUT2D eigenvalue weighted by Crippen LogP contribution is -2.14. The van der Waals surface area contributed by atoms with Gasteiger partial charge in [0.25, 0.3) is 5.91 Å². The summed E-state index contributed by atoms with van der Waals surface area (Å²) in [6, 6.07) is 10.4. The molecule has 0 spiro atoms. The van der Waals surface area contributed by atoms with Gasteiger partial charge in [-0.05, 0) is 30.3 Å². The number of benzene rings is 2. The molecule has 2 aromatic carbocycles. The van der Waals surface area contributed by atoms with Crippen LogP contribution in [0.3, 0.4) is 0 Å². The van der Waals surface area contributed by atoms with Gasteiger partial charge in [-0.2, -0.15) is 0 Å². The molecule has 6 heteroatoms. The number of anilines is 1. The van der Waals surface area contributed by atoms with E-state index in [1.165, 1.54) is 14.2 Å². The number of hydrogen-bond acceptors (Lipinski definition) is 3. The van der Waals surface area contributed by atoms with E-state index in [0.29, 0.717) is 27.8 Å². The first-order valence-electron chi connectivity index (χ1n) is 6.04. The molecule has 1 amide bonds. The van der Waals surface area contributed by atoms with E-state index in [4.69, 9.17) is 21.1 Å². The highest BCUT2D eigenvalue weighted by atomic mass is 79.9. The maximum atomic E-state index is 12.5. The molecular weight excluding hydrogens is 358 g/mol. The van der Waals surface area contributed by atoms with Crippen LogP contribution in [0.5, 0.6) is 11.5 Å². The van der Waals surface area contributed by atoms with E-state index < -0.39 is 0 Å². The minimum Gasteiger partial charge on any atom is -0.496 e. The molecule has 0 aromatic heterocycles. The molecule has 110 valence electrons. The van der Waals surface area contributed by atoms with Crippen LogP contribution >= 0.6 is 27.5 Å². The Labute approximate surface area is 136 Å². The molecule has 21 heavy (non-hydrogen) atoms. The van der Waals surface area contributed by atoms with Crippen LogP contribution in [0, 0.1) is 0 Å². The molecule has 0 bridgehead atoms. The highest BCUT2D eigenvalue weighted by Gasteiger charge is 2.19. The van der Waals surface area contributed by atoms with Gasteiger partial charge in [-0.3, -0.25) is 4.79 Å². The maximum absolute atomic E-state index is 12.5. The van der Waals surface area contributed by atoms with Gasteiger partial charge in [0.15, 0.2) is 0 Å². The molecule has 2 rings (SSSR count). The maximum Gasteiger partial charge on any atom is 0.263 e. The van der Waals surface area contributed by atoms with Crippen molar-refractivity contribution in [2.45, 2.75) is 0 Å². The zero-order chi connectivity index (χ0) is 15.4. The highest BCUT2D eigenvalue weighted by molar-refractivity contribution is 9.10. The second-order valence-electron chi connectivity index (χ2n) is 4.12. The zero-order valence-electron chi connectivity index (χ0n) is 11.4. The summed E-state index contributed by atoms with van der Waals surface area (Å²) in [4.78, 5) is 12.5. The van der Waals surface area contributed by atoms with Crippen LogP contribution in [-0.4, -0.2) is 20.1 Å². The number of carbonyl (C=O) groups excluding carboxylic acids is 1. The van der Waals surface area contributed by atoms with Gasteiger partial charge in [0, 0.05) is 4.47 Å². The summed E-state index contributed by atoms with van der Waals surface area (Å²) in [5.74, 6) is 0.508. The first-order valence-corrected chi connectivity index (χ1v) is 7.21. The summed E-state index contributed by atoms with van der Waals surface area (Å²) < 4.78 is 11.3. The van der Waals surface area contributed by atoms with Crippen LogP contribution in [0.4, 0.5) is 5.69 Å². The Morgan fingerprint density at radius 2 is 1.76 bits per heavy atom. The van der Waals surface area contributed by atoms with E-state index in [1.54, 1.807) is 36.4 Å². The van der Waals surface area contributed by atoms with Crippen molar-refractivity contribution in [2.75, 3.05) is 19.5 Å². The largest absolute Gasteiger partial charge is 0.496 e. The van der Waals surface area contributed by atoms with Crippen molar-refractivity contribution < 1.29 is 14.3 Å². The van der Waals surface area contributed by atoms with E-state index in [9.17, 15) is 4.79 Å². The SMILES string of the molecule is COc1cccc(OC)c1C(=O)Nc1ccc(Br)cc1Cl. The summed E-state index contributed by atoms with van der Waals surface area (Å²) in [6.45, 7) is 0. The fraction of sp³-hybridized carbons (Fsp3) is 0.133. The number of hydrogen-bond donors (Lipinski definition) is 1. The molecule has 0 aliphatic heterocycles. The number of nitrogens with one attached hydrogen (secondary N) is 1. The lowest BCUT2D eigenvalue weighted by atomic mass is 10.1. The molecular formula is C15H13BrClNO3. The fourth-order valence-electron chi connectivity index (χ4n) is 1.85. The Hall–Kier alpha value is -1.72. The standard InChI is InChI=1S/C15H13BrClNO3/c1-20-12-4-3-5-13(21-2)14(12)15(19)18-11-7-6-9(16)8-10(11)17/h3-8H,1-2H3,(H,18,19). The van der Waals surface area contributed by atoms with Gasteiger partial charge in [-0.15, -0.1) is 0 Å². The van der Waals surface area contributed by atoms with E-state index in [1.807, 2.05) is 0 Å². The van der Waals surface area contributed by atoms with Gasteiger partial charge in [0.2, 0.25) is 0 Å². The fourth-order valence-corrected chi connectivity index (χ4v) is 2.57. The average Bonchev–Trinajstić information content (AvgIpc) is 2.49. The summed E-state index contributed by atoms with van der Waals surface area (Å²) in [5.41, 5.74) is 0.833. The molecule has 0 saturated carbocycles. The summed E-state index contributed by atoms with van der Waals surface area (Å²) in [5, 5.41) is 3.19. The topological polar surface area (TPSA) is 47.6 Å². The van der Waals surface area contributed by atoms with E-state index >= 15 is 0 Å². The van der Waals surface area contributed by atoms with Crippen molar-refractivity contribution in [3.8, 4) is 11.5 Å². The Kier molecular flexibility index (Phi) is 5.09. The Morgan fingerprint density at radius 1 is 1.14 bits per heavy atom. The van der Waals surface area contributed by atoms with Crippen molar-refractivity contribution in [1.29, 1.82) is 0 Å². The number of halogens is 2. The predicted molar refractivity (Wildman–Crippen MR) is 86.7 cm³/mol. The number of ether oxygens (including phenoxy) is 2. The van der Waals surface area contributed by atoms with Crippen LogP contribution in [0.15, 0.2) is 40.9 Å². The monoisotopic (exact) mass is 369 g/mol. The van der Waals surface area contributed by atoms with Gasteiger partial charge >= 0.3 is 0 Å². The third kappa shape index (κ3) is 3.49. The molecule has 4 nitrogen and oxygen atoms in total. The van der Waals surface area contributed by atoms with Gasteiger partial charge in [0.1, 0.15) is 17.1 Å². The lowest BCUT2D eigenvalue weighted by molar-refractivity contribution is 0.102. The molecule has 0 aliphatic rings. The van der Waals surface area contributed by atoms with Crippen LogP contribution in [0.2, 0.25) is 5.02 Å². The Balaban J connectivity index is 2.36. The third-order valence-electron chi connectivity index (χ3n) is 2.83. The van der Waals surface area contributed by atoms with Crippen molar-refractivity contribution in [3.05, 3.63) is 51.5 Å². The number of amides is 1. The van der Waals surface area contributed by atoms with Gasteiger partial charge in [-0.1, -0.05) is 33.6 Å². The molecule has 0 aliphatic carbocycles. The van der Waals surface area contributed by atoms with Crippen LogP contribution in [0.1, 0.15) is 10.4 Å². The minimum absolute atomic E-state index is 0.321. The van der Waals surface area contributed by atoms with Gasteiger partial charge in [-0.25, -0.2) is 0 Å². The lowest BCUT2D eigenvalue weighted by Gasteiger charge is -2.13. The highest BCUT2D eigenvalue weighted by Crippen LogP contribution is 2.31. The first-order chi connectivity index (χ1) is 10.1. The van der Waals surface area contributed by atoms with Crippen molar-refractivity contribution >= 4 is 39.1 Å². The molecule has 0 radical (unpaired) electrons. The second kappa shape index (κ2) is 6.83. The Bertz CT molecular complexity index is 654. The van der Waals surface area contributed by atoms with E-state index in [-0.39, 0.29) is 5.91 Å². The molecule has 2 aromatic rings. The summed E-state index contributed by atoms with van der Waals surface area (Å²) in [7, 11) is 3.00. The van der Waals surface area contributed by atoms with Gasteiger partial charge in [0.05, 0.1) is 24.9 Å². The molecule has 0 fully saturated rings. The third-order valence-corrected chi connectivity index (χ3v) is 3.64. The second-order valence-corrected chi connectivity index (χ2v) is 5.44. The average molecular weight is 371 g/mol. The molecule has 1 N–H and O–H groups in total. The van der Waals surface area contributed by atoms with Crippen molar-refractivity contribution in [1.82, 2.24) is 0 Å². The van der Waals surface area contributed by atoms with Crippen LogP contribution in [-0.2, 0) is 0 Å². The van der Waals surface area contributed by atoms with Crippen LogP contribution in [0.25, 0.3) is 0 Å². The predicted octanol–water partition coefficient (Wildman–Crippen LogP) is 4.37. The van der Waals surface area contributed by atoms with Crippen molar-refractivity contribution in [3.63, 3.8) is 0 Å². The number of rotatable bonds is 4. The van der Waals surface area contributed by atoms with E-state index in [2.05, 4.69) is 21.2 Å². The van der Waals surface area contributed by atoms with Crippen molar-refractivity contribution in [2.24, 2.45) is 0 Å². The van der Waals surface area contributed by atoms with Crippen LogP contribution < -0.4 is 14.8 Å². The molecule has 0 unspecified atom stereocenters. The Morgan fingerprint density at radius 3 is 2.29 bits per heavy atom.